The van der Waals surface area contributed by atoms with Gasteiger partial charge in [0, 0.05) is 12.6 Å². The number of likely N-dealkylation sites (N-methyl/N-ethyl adjacent to an activating group) is 1. The summed E-state index contributed by atoms with van der Waals surface area (Å²) in [5, 5.41) is 3.59. The first kappa shape index (κ1) is 16.0. The van der Waals surface area contributed by atoms with Crippen LogP contribution in [0.2, 0.25) is 0 Å². The van der Waals surface area contributed by atoms with Crippen molar-refractivity contribution in [2.24, 2.45) is 10.8 Å². The Morgan fingerprint density at radius 2 is 1.94 bits per heavy atom. The first-order chi connectivity index (χ1) is 8.23. The van der Waals surface area contributed by atoms with E-state index in [0.29, 0.717) is 23.0 Å². The molecule has 0 amide bonds. The summed E-state index contributed by atoms with van der Waals surface area (Å²) in [7, 11) is 0. The molecule has 0 aromatic carbocycles. The molecule has 1 rings (SSSR count). The van der Waals surface area contributed by atoms with Crippen molar-refractivity contribution in [2.45, 2.75) is 79.4 Å². The lowest BCUT2D eigenvalue weighted by Crippen LogP contribution is -2.47. The van der Waals surface area contributed by atoms with Crippen molar-refractivity contribution in [2.75, 3.05) is 13.2 Å². The van der Waals surface area contributed by atoms with E-state index in [4.69, 9.17) is 4.74 Å². The molecule has 2 atom stereocenters. The highest BCUT2D eigenvalue weighted by Crippen LogP contribution is 2.37. The summed E-state index contributed by atoms with van der Waals surface area (Å²) in [4.78, 5) is 0. The highest BCUT2D eigenvalue weighted by Gasteiger charge is 2.35. The molecule has 18 heavy (non-hydrogen) atoms. The summed E-state index contributed by atoms with van der Waals surface area (Å²) in [6.45, 7) is 15.7. The molecule has 1 saturated carbocycles. The molecule has 0 saturated heterocycles. The molecule has 1 aliphatic rings. The first-order valence-electron chi connectivity index (χ1n) is 7.58. The van der Waals surface area contributed by atoms with E-state index in [9.17, 15) is 0 Å². The van der Waals surface area contributed by atoms with Crippen LogP contribution in [0.1, 0.15) is 67.2 Å². The van der Waals surface area contributed by atoms with Gasteiger partial charge in [-0.15, -0.1) is 0 Å². The average Bonchev–Trinajstić information content (AvgIpc) is 2.20. The van der Waals surface area contributed by atoms with Crippen molar-refractivity contribution in [3.05, 3.63) is 0 Å². The molecule has 0 bridgehead atoms. The van der Waals surface area contributed by atoms with Crippen LogP contribution < -0.4 is 5.32 Å². The van der Waals surface area contributed by atoms with Crippen molar-refractivity contribution in [3.8, 4) is 0 Å². The molecule has 108 valence electrons. The third kappa shape index (κ3) is 5.71. The van der Waals surface area contributed by atoms with E-state index in [0.717, 1.165) is 19.6 Å². The Kier molecular flexibility index (Phi) is 5.67. The summed E-state index contributed by atoms with van der Waals surface area (Å²) >= 11 is 0. The van der Waals surface area contributed by atoms with Gasteiger partial charge >= 0.3 is 0 Å². The van der Waals surface area contributed by atoms with Crippen LogP contribution in [-0.2, 0) is 4.74 Å². The second kappa shape index (κ2) is 6.38. The fraction of sp³-hybridized carbons (Fsp3) is 1.00. The third-order valence-electron chi connectivity index (χ3n) is 3.98. The van der Waals surface area contributed by atoms with E-state index in [1.165, 1.54) is 19.3 Å². The van der Waals surface area contributed by atoms with Crippen LogP contribution in [-0.4, -0.2) is 25.3 Å². The zero-order chi connectivity index (χ0) is 13.8. The Morgan fingerprint density at radius 3 is 2.50 bits per heavy atom. The molecule has 1 aliphatic carbocycles. The monoisotopic (exact) mass is 255 g/mol. The molecule has 0 aromatic rings. The molecule has 2 unspecified atom stereocenters. The molecule has 2 nitrogen and oxygen atoms in total. The second-order valence-corrected chi connectivity index (χ2v) is 7.79. The van der Waals surface area contributed by atoms with Gasteiger partial charge in [0.2, 0.25) is 0 Å². The van der Waals surface area contributed by atoms with Crippen LogP contribution in [0, 0.1) is 10.8 Å². The Morgan fingerprint density at radius 1 is 1.28 bits per heavy atom. The molecule has 1 N–H and O–H groups in total. The number of hydrogen-bond donors (Lipinski definition) is 1. The molecule has 0 heterocycles. The van der Waals surface area contributed by atoms with Crippen molar-refractivity contribution < 1.29 is 4.74 Å². The summed E-state index contributed by atoms with van der Waals surface area (Å²) in [6, 6.07) is 0.558. The molecular formula is C16H33NO. The Balaban J connectivity index is 2.46. The number of ether oxygens (including phenoxy) is 1. The van der Waals surface area contributed by atoms with E-state index in [-0.39, 0.29) is 0 Å². The quantitative estimate of drug-likeness (QED) is 0.802. The molecule has 0 radical (unpaired) electrons. The van der Waals surface area contributed by atoms with Crippen LogP contribution in [0.15, 0.2) is 0 Å². The lowest BCUT2D eigenvalue weighted by Gasteiger charge is -2.41. The van der Waals surface area contributed by atoms with Gasteiger partial charge in [0.25, 0.3) is 0 Å². The fourth-order valence-corrected chi connectivity index (χ4v) is 2.71. The van der Waals surface area contributed by atoms with Crippen LogP contribution >= 0.6 is 0 Å². The molecule has 1 fully saturated rings. The maximum atomic E-state index is 6.20. The highest BCUT2D eigenvalue weighted by molar-refractivity contribution is 4.89. The van der Waals surface area contributed by atoms with E-state index in [1.807, 2.05) is 0 Å². The normalized spacial score (nSPS) is 28.3. The molecule has 0 spiro atoms. The van der Waals surface area contributed by atoms with Crippen molar-refractivity contribution in [3.63, 3.8) is 0 Å². The lowest BCUT2D eigenvalue weighted by atomic mass is 9.74. The Hall–Kier alpha value is -0.0800. The number of nitrogens with one attached hydrogen (secondary N) is 1. The van der Waals surface area contributed by atoms with E-state index < -0.39 is 0 Å². The SMILES string of the molecule is CCNC1CCC(C)(C)CC1OCCC(C)(C)C. The van der Waals surface area contributed by atoms with Crippen LogP contribution in [0.5, 0.6) is 0 Å². The highest BCUT2D eigenvalue weighted by atomic mass is 16.5. The maximum Gasteiger partial charge on any atom is 0.0733 e. The largest absolute Gasteiger partial charge is 0.377 e. The smallest absolute Gasteiger partial charge is 0.0733 e. The predicted octanol–water partition coefficient (Wildman–Crippen LogP) is 4.00. The zero-order valence-electron chi connectivity index (χ0n) is 13.3. The van der Waals surface area contributed by atoms with Gasteiger partial charge in [-0.25, -0.2) is 0 Å². The third-order valence-corrected chi connectivity index (χ3v) is 3.98. The maximum absolute atomic E-state index is 6.20. The molecular weight excluding hydrogens is 222 g/mol. The molecule has 0 aromatic heterocycles. The van der Waals surface area contributed by atoms with Crippen LogP contribution in [0.25, 0.3) is 0 Å². The topological polar surface area (TPSA) is 21.3 Å². The Bertz CT molecular complexity index is 242. The van der Waals surface area contributed by atoms with Gasteiger partial charge < -0.3 is 10.1 Å². The van der Waals surface area contributed by atoms with Crippen molar-refractivity contribution >= 4 is 0 Å². The number of rotatable bonds is 5. The summed E-state index contributed by atoms with van der Waals surface area (Å²) < 4.78 is 6.20. The molecule has 0 aliphatic heterocycles. The van der Waals surface area contributed by atoms with Gasteiger partial charge in [0.05, 0.1) is 6.10 Å². The fourth-order valence-electron chi connectivity index (χ4n) is 2.71. The minimum atomic E-state index is 0.373. The van der Waals surface area contributed by atoms with Crippen LogP contribution in [0.4, 0.5) is 0 Å². The number of hydrogen-bond acceptors (Lipinski definition) is 2. The van der Waals surface area contributed by atoms with Crippen molar-refractivity contribution in [1.29, 1.82) is 0 Å². The summed E-state index contributed by atoms with van der Waals surface area (Å²) in [5.41, 5.74) is 0.816. The van der Waals surface area contributed by atoms with Crippen molar-refractivity contribution in [1.82, 2.24) is 5.32 Å². The van der Waals surface area contributed by atoms with E-state index >= 15 is 0 Å². The minimum absolute atomic E-state index is 0.373. The van der Waals surface area contributed by atoms with Gasteiger partial charge in [-0.1, -0.05) is 41.5 Å². The summed E-state index contributed by atoms with van der Waals surface area (Å²) in [6.07, 6.45) is 5.29. The zero-order valence-corrected chi connectivity index (χ0v) is 13.3. The average molecular weight is 255 g/mol. The van der Waals surface area contributed by atoms with Gasteiger partial charge in [-0.05, 0) is 43.1 Å². The lowest BCUT2D eigenvalue weighted by molar-refractivity contribution is -0.0351. The predicted molar refractivity (Wildman–Crippen MR) is 78.9 cm³/mol. The summed E-state index contributed by atoms with van der Waals surface area (Å²) in [5.74, 6) is 0. The van der Waals surface area contributed by atoms with E-state index in [2.05, 4.69) is 46.9 Å². The minimum Gasteiger partial charge on any atom is -0.377 e. The van der Waals surface area contributed by atoms with Crippen LogP contribution in [0.3, 0.4) is 0 Å². The standard InChI is InChI=1S/C16H33NO/c1-7-17-13-8-9-16(5,6)12-14(13)18-11-10-15(2,3)4/h13-14,17H,7-12H2,1-6H3. The Labute approximate surface area is 114 Å². The van der Waals surface area contributed by atoms with Gasteiger partial charge in [-0.2, -0.15) is 0 Å². The second-order valence-electron chi connectivity index (χ2n) is 7.79. The van der Waals surface area contributed by atoms with E-state index in [1.54, 1.807) is 0 Å². The van der Waals surface area contributed by atoms with Gasteiger partial charge in [0.1, 0.15) is 0 Å². The first-order valence-corrected chi connectivity index (χ1v) is 7.58. The van der Waals surface area contributed by atoms with Gasteiger partial charge in [-0.3, -0.25) is 0 Å². The molecule has 2 heteroatoms. The van der Waals surface area contributed by atoms with Gasteiger partial charge in [0.15, 0.2) is 0 Å².